The number of pyridine rings is 1. The first kappa shape index (κ1) is 13.1. The summed E-state index contributed by atoms with van der Waals surface area (Å²) in [6.07, 6.45) is 1.55. The molecular formula is C12H14F4N2. The Morgan fingerprint density at radius 1 is 1.11 bits per heavy atom. The van der Waals surface area contributed by atoms with E-state index in [2.05, 4.69) is 4.98 Å². The summed E-state index contributed by atoms with van der Waals surface area (Å²) in [4.78, 5) is 3.97. The number of hydrogen-bond donors (Lipinski definition) is 0. The maximum Gasteiger partial charge on any atom is 0.253 e. The van der Waals surface area contributed by atoms with Crippen LogP contribution < -0.4 is 4.90 Å². The summed E-state index contributed by atoms with van der Waals surface area (Å²) in [5, 5.41) is 0. The lowest BCUT2D eigenvalue weighted by atomic mass is 10.2. The zero-order chi connectivity index (χ0) is 13.4. The molecule has 0 aliphatic heterocycles. The first-order chi connectivity index (χ1) is 8.41. The molecule has 0 bridgehead atoms. The molecule has 18 heavy (non-hydrogen) atoms. The summed E-state index contributed by atoms with van der Waals surface area (Å²) in [7, 11) is 0. The molecule has 1 aliphatic rings. The van der Waals surface area contributed by atoms with E-state index in [1.807, 2.05) is 13.8 Å². The molecule has 0 N–H and O–H groups in total. The van der Waals surface area contributed by atoms with E-state index < -0.39 is 29.2 Å². The van der Waals surface area contributed by atoms with Crippen LogP contribution in [0.15, 0.2) is 0 Å². The van der Waals surface area contributed by atoms with Crippen LogP contribution in [0.5, 0.6) is 0 Å². The van der Waals surface area contributed by atoms with Gasteiger partial charge in [0.25, 0.3) is 11.9 Å². The first-order valence-electron chi connectivity index (χ1n) is 5.88. The van der Waals surface area contributed by atoms with Gasteiger partial charge in [0.05, 0.1) is 0 Å². The summed E-state index contributed by atoms with van der Waals surface area (Å²) in [5.41, 5.74) is -0.629. The van der Waals surface area contributed by atoms with E-state index >= 15 is 0 Å². The van der Waals surface area contributed by atoms with Gasteiger partial charge in [0.15, 0.2) is 0 Å². The molecule has 0 saturated heterocycles. The molecule has 6 heteroatoms. The van der Waals surface area contributed by atoms with Crippen molar-refractivity contribution in [3.8, 4) is 0 Å². The lowest BCUT2D eigenvalue weighted by Crippen LogP contribution is -2.32. The molecule has 2 nitrogen and oxygen atoms in total. The lowest BCUT2D eigenvalue weighted by molar-refractivity contribution is 0.403. The third-order valence-electron chi connectivity index (χ3n) is 2.81. The van der Waals surface area contributed by atoms with Gasteiger partial charge in [-0.05, 0) is 18.8 Å². The van der Waals surface area contributed by atoms with E-state index in [1.165, 1.54) is 4.90 Å². The highest BCUT2D eigenvalue weighted by molar-refractivity contribution is 5.50. The number of nitrogens with zero attached hydrogens (tertiary/aromatic N) is 2. The van der Waals surface area contributed by atoms with Crippen LogP contribution in [0.25, 0.3) is 0 Å². The standard InChI is InChI=1S/C12H14F4N2/c1-6(2)5-18(7-3-4-7)10-8(13)11(15)17-12(16)9(10)14/h6-7H,3-5H2,1-2H3. The first-order valence-corrected chi connectivity index (χ1v) is 5.88. The maximum absolute atomic E-state index is 13.6. The Balaban J connectivity index is 2.46. The Morgan fingerprint density at radius 3 is 2.00 bits per heavy atom. The van der Waals surface area contributed by atoms with Crippen molar-refractivity contribution in [3.05, 3.63) is 23.5 Å². The second-order valence-corrected chi connectivity index (χ2v) is 4.95. The Morgan fingerprint density at radius 2 is 1.61 bits per heavy atom. The molecule has 2 rings (SSSR count). The fourth-order valence-corrected chi connectivity index (χ4v) is 1.93. The van der Waals surface area contributed by atoms with Crippen molar-refractivity contribution < 1.29 is 17.6 Å². The molecule has 0 amide bonds. The van der Waals surface area contributed by atoms with Gasteiger partial charge in [0.2, 0.25) is 11.6 Å². The zero-order valence-corrected chi connectivity index (χ0v) is 10.2. The van der Waals surface area contributed by atoms with Crippen LogP contribution in [0.2, 0.25) is 0 Å². The van der Waals surface area contributed by atoms with Gasteiger partial charge in [-0.1, -0.05) is 13.8 Å². The van der Waals surface area contributed by atoms with E-state index in [0.29, 0.717) is 6.54 Å². The minimum absolute atomic E-state index is 0.0439. The minimum atomic E-state index is -1.60. The molecule has 0 radical (unpaired) electrons. The second-order valence-electron chi connectivity index (χ2n) is 4.95. The van der Waals surface area contributed by atoms with E-state index in [-0.39, 0.29) is 12.0 Å². The highest BCUT2D eigenvalue weighted by atomic mass is 19.2. The molecule has 0 atom stereocenters. The summed E-state index contributed by atoms with van der Waals surface area (Å²) < 4.78 is 53.5. The van der Waals surface area contributed by atoms with Crippen molar-refractivity contribution in [3.63, 3.8) is 0 Å². The Bertz CT molecular complexity index is 432. The van der Waals surface area contributed by atoms with Crippen LogP contribution in [-0.2, 0) is 0 Å². The average molecular weight is 262 g/mol. The fourth-order valence-electron chi connectivity index (χ4n) is 1.93. The van der Waals surface area contributed by atoms with Crippen LogP contribution >= 0.6 is 0 Å². The molecule has 1 heterocycles. The van der Waals surface area contributed by atoms with E-state index in [9.17, 15) is 17.6 Å². The lowest BCUT2D eigenvalue weighted by Gasteiger charge is -2.27. The monoisotopic (exact) mass is 262 g/mol. The number of rotatable bonds is 4. The van der Waals surface area contributed by atoms with Crippen molar-refractivity contribution in [2.45, 2.75) is 32.7 Å². The molecular weight excluding hydrogens is 248 g/mol. The highest BCUT2D eigenvalue weighted by Crippen LogP contribution is 2.36. The maximum atomic E-state index is 13.6. The van der Waals surface area contributed by atoms with Crippen molar-refractivity contribution in [2.24, 2.45) is 5.92 Å². The fraction of sp³-hybridized carbons (Fsp3) is 0.583. The summed E-state index contributed by atoms with van der Waals surface area (Å²) in [6.45, 7) is 4.10. The molecule has 1 saturated carbocycles. The smallest absolute Gasteiger partial charge is 0.253 e. The average Bonchev–Trinajstić information content (AvgIpc) is 3.08. The second kappa shape index (κ2) is 4.74. The van der Waals surface area contributed by atoms with Gasteiger partial charge >= 0.3 is 0 Å². The molecule has 1 aromatic heterocycles. The van der Waals surface area contributed by atoms with Gasteiger partial charge < -0.3 is 4.90 Å². The summed E-state index contributed by atoms with van der Waals surface area (Å²) >= 11 is 0. The topological polar surface area (TPSA) is 16.1 Å². The van der Waals surface area contributed by atoms with Crippen molar-refractivity contribution in [1.82, 2.24) is 4.98 Å². The SMILES string of the molecule is CC(C)CN(c1c(F)c(F)nc(F)c1F)C1CC1. The van der Waals surface area contributed by atoms with Crippen molar-refractivity contribution >= 4 is 5.69 Å². The quantitative estimate of drug-likeness (QED) is 0.611. The van der Waals surface area contributed by atoms with Gasteiger partial charge in [-0.3, -0.25) is 0 Å². The molecule has 0 aromatic carbocycles. The molecule has 1 aliphatic carbocycles. The molecule has 0 spiro atoms. The molecule has 100 valence electrons. The molecule has 1 aromatic rings. The van der Waals surface area contributed by atoms with Crippen LogP contribution in [0.3, 0.4) is 0 Å². The summed E-state index contributed by atoms with van der Waals surface area (Å²) in [5.74, 6) is -5.90. The number of halogens is 4. The zero-order valence-electron chi connectivity index (χ0n) is 10.2. The van der Waals surface area contributed by atoms with Gasteiger partial charge in [-0.15, -0.1) is 0 Å². The Labute approximate surface area is 103 Å². The van der Waals surface area contributed by atoms with Crippen LogP contribution in [0.4, 0.5) is 23.2 Å². The minimum Gasteiger partial charge on any atom is -0.363 e. The number of hydrogen-bond acceptors (Lipinski definition) is 2. The van der Waals surface area contributed by atoms with Gasteiger partial charge in [-0.2, -0.15) is 22.5 Å². The van der Waals surface area contributed by atoms with Crippen molar-refractivity contribution in [1.29, 1.82) is 0 Å². The van der Waals surface area contributed by atoms with E-state index in [0.717, 1.165) is 12.8 Å². The Kier molecular flexibility index (Phi) is 3.45. The highest BCUT2D eigenvalue weighted by Gasteiger charge is 2.35. The number of aromatic nitrogens is 1. The van der Waals surface area contributed by atoms with Gasteiger partial charge in [0.1, 0.15) is 5.69 Å². The molecule has 0 unspecified atom stereocenters. The van der Waals surface area contributed by atoms with E-state index in [4.69, 9.17) is 0 Å². The number of anilines is 1. The third kappa shape index (κ3) is 2.42. The van der Waals surface area contributed by atoms with Crippen molar-refractivity contribution in [2.75, 3.05) is 11.4 Å². The van der Waals surface area contributed by atoms with Crippen LogP contribution in [-0.4, -0.2) is 17.6 Å². The van der Waals surface area contributed by atoms with Crippen LogP contribution in [0.1, 0.15) is 26.7 Å². The Hall–Kier alpha value is -1.33. The summed E-state index contributed by atoms with van der Waals surface area (Å²) in [6, 6.07) is -0.0439. The third-order valence-corrected chi connectivity index (χ3v) is 2.81. The molecule has 1 fully saturated rings. The van der Waals surface area contributed by atoms with Gasteiger partial charge in [0, 0.05) is 12.6 Å². The van der Waals surface area contributed by atoms with Crippen LogP contribution in [0, 0.1) is 29.4 Å². The predicted molar refractivity (Wildman–Crippen MR) is 59.3 cm³/mol. The van der Waals surface area contributed by atoms with E-state index in [1.54, 1.807) is 0 Å². The van der Waals surface area contributed by atoms with Gasteiger partial charge in [-0.25, -0.2) is 0 Å². The predicted octanol–water partition coefficient (Wildman–Crippen LogP) is 3.26. The normalized spacial score (nSPS) is 15.3. The largest absolute Gasteiger partial charge is 0.363 e.